The van der Waals surface area contributed by atoms with Crippen LogP contribution in [0.2, 0.25) is 0 Å². The van der Waals surface area contributed by atoms with Gasteiger partial charge in [0.2, 0.25) is 0 Å². The summed E-state index contributed by atoms with van der Waals surface area (Å²) in [6, 6.07) is 9.34. The van der Waals surface area contributed by atoms with E-state index in [9.17, 15) is 4.79 Å². The van der Waals surface area contributed by atoms with Gasteiger partial charge in [-0.05, 0) is 18.1 Å². The monoisotopic (exact) mass is 203 g/mol. The van der Waals surface area contributed by atoms with Crippen LogP contribution in [0.3, 0.4) is 0 Å². The van der Waals surface area contributed by atoms with Crippen LogP contribution in [0.25, 0.3) is 0 Å². The van der Waals surface area contributed by atoms with Crippen molar-refractivity contribution < 1.29 is 0 Å². The van der Waals surface area contributed by atoms with Crippen molar-refractivity contribution in [3.05, 3.63) is 51.8 Å². The highest BCUT2D eigenvalue weighted by Crippen LogP contribution is 2.07. The standard InChI is InChI=1S/C11H13N3O/c1-8-4-2-3-5-9(8)7-14-11(15)6-10(12)13-14/h2-6,13H,7,12H2,1H3. The molecule has 0 bridgehead atoms. The van der Waals surface area contributed by atoms with E-state index < -0.39 is 0 Å². The zero-order valence-corrected chi connectivity index (χ0v) is 8.53. The Kier molecular flexibility index (Phi) is 2.33. The Balaban J connectivity index is 2.34. The van der Waals surface area contributed by atoms with Gasteiger partial charge >= 0.3 is 0 Å². The van der Waals surface area contributed by atoms with Gasteiger partial charge in [0, 0.05) is 6.07 Å². The van der Waals surface area contributed by atoms with Gasteiger partial charge in [0.15, 0.2) is 0 Å². The number of hydrogen-bond donors (Lipinski definition) is 2. The molecule has 1 aromatic carbocycles. The third-order valence-electron chi connectivity index (χ3n) is 2.40. The van der Waals surface area contributed by atoms with Crippen LogP contribution in [-0.2, 0) is 6.54 Å². The number of aromatic amines is 1. The molecule has 0 aliphatic heterocycles. The van der Waals surface area contributed by atoms with Crippen LogP contribution in [0.15, 0.2) is 35.1 Å². The lowest BCUT2D eigenvalue weighted by atomic mass is 10.1. The molecule has 0 fully saturated rings. The van der Waals surface area contributed by atoms with E-state index in [2.05, 4.69) is 5.10 Å². The lowest BCUT2D eigenvalue weighted by molar-refractivity contribution is 0.664. The maximum atomic E-state index is 11.4. The fourth-order valence-electron chi connectivity index (χ4n) is 1.53. The summed E-state index contributed by atoms with van der Waals surface area (Å²) in [6.45, 7) is 2.55. The first kappa shape index (κ1) is 9.58. The van der Waals surface area contributed by atoms with Gasteiger partial charge in [0.05, 0.1) is 6.54 Å². The second kappa shape index (κ2) is 3.65. The van der Waals surface area contributed by atoms with Gasteiger partial charge in [-0.1, -0.05) is 24.3 Å². The van der Waals surface area contributed by atoms with Crippen molar-refractivity contribution in [2.45, 2.75) is 13.5 Å². The Labute approximate surface area is 87.3 Å². The van der Waals surface area contributed by atoms with Crippen molar-refractivity contribution in [2.75, 3.05) is 5.73 Å². The summed E-state index contributed by atoms with van der Waals surface area (Å²) in [4.78, 5) is 11.4. The summed E-state index contributed by atoms with van der Waals surface area (Å²) >= 11 is 0. The zero-order chi connectivity index (χ0) is 10.8. The fourth-order valence-corrected chi connectivity index (χ4v) is 1.53. The third kappa shape index (κ3) is 1.93. The van der Waals surface area contributed by atoms with E-state index in [1.54, 1.807) is 0 Å². The minimum atomic E-state index is -0.101. The Morgan fingerprint density at radius 1 is 1.40 bits per heavy atom. The number of H-pyrrole nitrogens is 1. The van der Waals surface area contributed by atoms with Crippen molar-refractivity contribution in [3.8, 4) is 0 Å². The molecule has 2 aromatic rings. The molecule has 0 aliphatic carbocycles. The number of hydrogen-bond acceptors (Lipinski definition) is 2. The van der Waals surface area contributed by atoms with Crippen LogP contribution in [-0.4, -0.2) is 9.78 Å². The number of nitrogens with two attached hydrogens (primary N) is 1. The molecule has 0 aliphatic rings. The molecule has 0 unspecified atom stereocenters. The number of rotatable bonds is 2. The van der Waals surface area contributed by atoms with Crippen molar-refractivity contribution >= 4 is 5.82 Å². The molecule has 0 saturated carbocycles. The molecule has 4 heteroatoms. The maximum Gasteiger partial charge on any atom is 0.268 e. The lowest BCUT2D eigenvalue weighted by Gasteiger charge is -2.05. The molecule has 0 amide bonds. The van der Waals surface area contributed by atoms with Crippen molar-refractivity contribution in [2.24, 2.45) is 0 Å². The van der Waals surface area contributed by atoms with Crippen LogP contribution in [0.5, 0.6) is 0 Å². The van der Waals surface area contributed by atoms with Crippen LogP contribution in [0.1, 0.15) is 11.1 Å². The van der Waals surface area contributed by atoms with Gasteiger partial charge in [-0.2, -0.15) is 0 Å². The predicted molar refractivity (Wildman–Crippen MR) is 59.7 cm³/mol. The van der Waals surface area contributed by atoms with Crippen molar-refractivity contribution in [3.63, 3.8) is 0 Å². The number of nitrogens with one attached hydrogen (secondary N) is 1. The molecule has 78 valence electrons. The zero-order valence-electron chi connectivity index (χ0n) is 8.53. The molecular formula is C11H13N3O. The number of nitrogens with zero attached hydrogens (tertiary/aromatic N) is 1. The normalized spacial score (nSPS) is 10.5. The fraction of sp³-hybridized carbons (Fsp3) is 0.182. The first-order chi connectivity index (χ1) is 7.16. The van der Waals surface area contributed by atoms with E-state index in [0.29, 0.717) is 12.4 Å². The predicted octanol–water partition coefficient (Wildman–Crippen LogP) is 1.12. The van der Waals surface area contributed by atoms with E-state index in [-0.39, 0.29) is 5.56 Å². The summed E-state index contributed by atoms with van der Waals surface area (Å²) in [5, 5.41) is 2.80. The van der Waals surface area contributed by atoms with Gasteiger partial charge in [0.1, 0.15) is 5.82 Å². The molecule has 0 saturated heterocycles. The van der Waals surface area contributed by atoms with Gasteiger partial charge in [-0.3, -0.25) is 9.89 Å². The average molecular weight is 203 g/mol. The first-order valence-electron chi connectivity index (χ1n) is 4.76. The minimum absolute atomic E-state index is 0.101. The molecule has 0 spiro atoms. The topological polar surface area (TPSA) is 63.8 Å². The number of anilines is 1. The van der Waals surface area contributed by atoms with E-state index in [4.69, 9.17) is 5.73 Å². The summed E-state index contributed by atoms with van der Waals surface area (Å²) in [7, 11) is 0. The molecule has 1 aromatic heterocycles. The summed E-state index contributed by atoms with van der Waals surface area (Å²) in [5.41, 5.74) is 7.67. The maximum absolute atomic E-state index is 11.4. The van der Waals surface area contributed by atoms with Crippen LogP contribution < -0.4 is 11.3 Å². The Morgan fingerprint density at radius 3 is 2.73 bits per heavy atom. The van der Waals surface area contributed by atoms with E-state index in [0.717, 1.165) is 11.1 Å². The molecule has 0 radical (unpaired) electrons. The largest absolute Gasteiger partial charge is 0.384 e. The number of benzene rings is 1. The first-order valence-corrected chi connectivity index (χ1v) is 4.76. The molecule has 0 atom stereocenters. The average Bonchev–Trinajstić information content (AvgIpc) is 2.49. The van der Waals surface area contributed by atoms with Crippen LogP contribution in [0, 0.1) is 6.92 Å². The van der Waals surface area contributed by atoms with Crippen LogP contribution in [0.4, 0.5) is 5.82 Å². The van der Waals surface area contributed by atoms with Crippen molar-refractivity contribution in [1.82, 2.24) is 9.78 Å². The van der Waals surface area contributed by atoms with E-state index in [1.807, 2.05) is 31.2 Å². The molecule has 15 heavy (non-hydrogen) atoms. The number of aryl methyl sites for hydroxylation is 1. The van der Waals surface area contributed by atoms with Gasteiger partial charge < -0.3 is 5.73 Å². The SMILES string of the molecule is Cc1ccccc1Cn1[nH]c(N)cc1=O. The molecular weight excluding hydrogens is 190 g/mol. The Hall–Kier alpha value is -1.97. The van der Waals surface area contributed by atoms with E-state index in [1.165, 1.54) is 10.7 Å². The molecule has 2 rings (SSSR count). The van der Waals surface area contributed by atoms with Crippen molar-refractivity contribution in [1.29, 1.82) is 0 Å². The molecule has 4 nitrogen and oxygen atoms in total. The quantitative estimate of drug-likeness (QED) is 0.768. The van der Waals surface area contributed by atoms with Gasteiger partial charge in [-0.15, -0.1) is 0 Å². The van der Waals surface area contributed by atoms with Gasteiger partial charge in [-0.25, -0.2) is 4.68 Å². The Bertz CT molecular complexity index is 525. The van der Waals surface area contributed by atoms with E-state index >= 15 is 0 Å². The second-order valence-electron chi connectivity index (χ2n) is 3.56. The smallest absolute Gasteiger partial charge is 0.268 e. The van der Waals surface area contributed by atoms with Gasteiger partial charge in [0.25, 0.3) is 5.56 Å². The summed E-state index contributed by atoms with van der Waals surface area (Å²) in [5.74, 6) is 0.397. The van der Waals surface area contributed by atoms with Crippen LogP contribution >= 0.6 is 0 Å². The highest BCUT2D eigenvalue weighted by molar-refractivity contribution is 5.27. The number of aromatic nitrogens is 2. The Morgan fingerprint density at radius 2 is 2.13 bits per heavy atom. The number of nitrogen functional groups attached to an aromatic ring is 1. The third-order valence-corrected chi connectivity index (χ3v) is 2.40. The molecule has 1 heterocycles. The lowest BCUT2D eigenvalue weighted by Crippen LogP contribution is -2.17. The minimum Gasteiger partial charge on any atom is -0.384 e. The summed E-state index contributed by atoms with van der Waals surface area (Å²) < 4.78 is 1.50. The highest BCUT2D eigenvalue weighted by atomic mass is 16.1. The second-order valence-corrected chi connectivity index (χ2v) is 3.56. The molecule has 3 N–H and O–H groups in total. The highest BCUT2D eigenvalue weighted by Gasteiger charge is 2.02. The summed E-state index contributed by atoms with van der Waals surface area (Å²) in [6.07, 6.45) is 0.